The van der Waals surface area contributed by atoms with Crippen LogP contribution in [0.3, 0.4) is 0 Å². The number of carboxylic acids is 1. The molecule has 0 aliphatic rings. The molecular weight excluding hydrogens is 530 g/mol. The van der Waals surface area contributed by atoms with Crippen molar-refractivity contribution >= 4 is 29.7 Å². The second-order valence-electron chi connectivity index (χ2n) is 10.2. The van der Waals surface area contributed by atoms with Crippen LogP contribution in [-0.4, -0.2) is 75.4 Å². The number of H-pyrrole nitrogens is 1. The van der Waals surface area contributed by atoms with Crippen LogP contribution in [-0.2, 0) is 32.0 Å². The summed E-state index contributed by atoms with van der Waals surface area (Å²) in [7, 11) is 0. The lowest BCUT2D eigenvalue weighted by Gasteiger charge is -2.26. The van der Waals surface area contributed by atoms with E-state index in [4.69, 9.17) is 17.2 Å². The molecule has 0 bridgehead atoms. The standard InChI is InChI=1S/C27H41N9O5/c1-16(2)11-20(34-23(37)19(28)9-6-10-32-27(29)30)24(38)35-21(12-17-7-4-3-5-8-17)25(39)36-22(26(40)41)13-18-14-31-15-33-18/h3-5,7-8,14-16,19-22H,6,9-13,28H2,1-2H3,(H,31,33)(H,34,37)(H,35,38)(H,36,39)(H,40,41)(H4,29,30,32). The number of carbonyl (C=O) groups is 4. The van der Waals surface area contributed by atoms with Gasteiger partial charge in [-0.05, 0) is 30.7 Å². The first kappa shape index (κ1) is 32.8. The summed E-state index contributed by atoms with van der Waals surface area (Å²) in [4.78, 5) is 62.0. The molecule has 14 nitrogen and oxygen atoms in total. The molecule has 0 radical (unpaired) electrons. The molecule has 0 saturated heterocycles. The summed E-state index contributed by atoms with van der Waals surface area (Å²) in [6, 6.07) is 4.74. The topological polar surface area (TPSA) is 244 Å². The van der Waals surface area contributed by atoms with E-state index >= 15 is 0 Å². The van der Waals surface area contributed by atoms with Gasteiger partial charge in [0.1, 0.15) is 18.1 Å². The van der Waals surface area contributed by atoms with Gasteiger partial charge in [-0.25, -0.2) is 9.78 Å². The number of benzene rings is 1. The van der Waals surface area contributed by atoms with Crippen LogP contribution in [0.1, 0.15) is 44.4 Å². The van der Waals surface area contributed by atoms with E-state index < -0.39 is 47.9 Å². The predicted octanol–water partition coefficient (Wildman–Crippen LogP) is -0.839. The van der Waals surface area contributed by atoms with Gasteiger partial charge in [-0.2, -0.15) is 0 Å². The molecule has 0 aliphatic carbocycles. The van der Waals surface area contributed by atoms with E-state index in [0.29, 0.717) is 25.1 Å². The molecule has 4 unspecified atom stereocenters. The third-order valence-electron chi connectivity index (χ3n) is 6.15. The molecule has 2 rings (SSSR count). The Balaban J connectivity index is 2.17. The molecule has 41 heavy (non-hydrogen) atoms. The fraction of sp³-hybridized carbons (Fsp3) is 0.481. The lowest BCUT2D eigenvalue weighted by Crippen LogP contribution is -2.58. The number of imidazole rings is 1. The number of aromatic nitrogens is 2. The number of carbonyl (C=O) groups excluding carboxylic acids is 3. The Kier molecular flexibility index (Phi) is 13.3. The first-order valence-electron chi connectivity index (χ1n) is 13.4. The molecule has 1 aromatic carbocycles. The Morgan fingerprint density at radius 2 is 1.59 bits per heavy atom. The minimum atomic E-state index is -1.26. The van der Waals surface area contributed by atoms with Crippen molar-refractivity contribution in [2.75, 3.05) is 6.54 Å². The van der Waals surface area contributed by atoms with E-state index in [0.717, 1.165) is 5.56 Å². The van der Waals surface area contributed by atoms with E-state index in [1.54, 1.807) is 24.3 Å². The molecule has 2 aromatic rings. The number of aliphatic imine (C=N–C) groups is 1. The highest BCUT2D eigenvalue weighted by atomic mass is 16.4. The smallest absolute Gasteiger partial charge is 0.326 e. The molecule has 0 fully saturated rings. The predicted molar refractivity (Wildman–Crippen MR) is 153 cm³/mol. The summed E-state index contributed by atoms with van der Waals surface area (Å²) < 4.78 is 0. The Hall–Kier alpha value is -4.46. The average molecular weight is 572 g/mol. The Bertz CT molecular complexity index is 1150. The van der Waals surface area contributed by atoms with Gasteiger partial charge < -0.3 is 43.2 Å². The number of nitrogens with one attached hydrogen (secondary N) is 4. The summed E-state index contributed by atoms with van der Waals surface area (Å²) in [5.74, 6) is -3.06. The van der Waals surface area contributed by atoms with E-state index in [1.807, 2.05) is 19.9 Å². The van der Waals surface area contributed by atoms with Crippen molar-refractivity contribution in [1.29, 1.82) is 0 Å². The van der Waals surface area contributed by atoms with Gasteiger partial charge in [-0.1, -0.05) is 44.2 Å². The zero-order valence-electron chi connectivity index (χ0n) is 23.4. The molecular formula is C27H41N9O5. The quantitative estimate of drug-likeness (QED) is 0.0669. The number of aliphatic carboxylic acids is 1. The van der Waals surface area contributed by atoms with Gasteiger partial charge in [0.25, 0.3) is 0 Å². The van der Waals surface area contributed by atoms with Crippen LogP contribution >= 0.6 is 0 Å². The maximum atomic E-state index is 13.4. The maximum Gasteiger partial charge on any atom is 0.326 e. The van der Waals surface area contributed by atoms with Crippen molar-refractivity contribution in [3.63, 3.8) is 0 Å². The fourth-order valence-corrected chi connectivity index (χ4v) is 4.05. The summed E-state index contributed by atoms with van der Waals surface area (Å²) in [5.41, 5.74) is 17.9. The number of amides is 3. The lowest BCUT2D eigenvalue weighted by molar-refractivity contribution is -0.142. The van der Waals surface area contributed by atoms with Gasteiger partial charge in [-0.15, -0.1) is 0 Å². The summed E-state index contributed by atoms with van der Waals surface area (Å²) in [6.45, 7) is 4.10. The molecule has 0 spiro atoms. The highest BCUT2D eigenvalue weighted by Crippen LogP contribution is 2.10. The van der Waals surface area contributed by atoms with Crippen LogP contribution in [0, 0.1) is 5.92 Å². The van der Waals surface area contributed by atoms with Gasteiger partial charge in [0, 0.05) is 31.3 Å². The number of rotatable bonds is 17. The average Bonchev–Trinajstić information content (AvgIpc) is 3.43. The van der Waals surface area contributed by atoms with Crippen molar-refractivity contribution in [1.82, 2.24) is 25.9 Å². The molecule has 11 N–H and O–H groups in total. The van der Waals surface area contributed by atoms with Crippen LogP contribution in [0.15, 0.2) is 47.8 Å². The second-order valence-corrected chi connectivity index (χ2v) is 10.2. The van der Waals surface area contributed by atoms with Crippen molar-refractivity contribution in [2.45, 2.75) is 70.1 Å². The van der Waals surface area contributed by atoms with Crippen molar-refractivity contribution in [3.05, 3.63) is 54.1 Å². The SMILES string of the molecule is CC(C)CC(NC(=O)C(N)CCCN=C(N)N)C(=O)NC(Cc1ccccc1)C(=O)NC(Cc1cnc[nH]1)C(=O)O. The van der Waals surface area contributed by atoms with Gasteiger partial charge in [0.2, 0.25) is 17.7 Å². The Morgan fingerprint density at radius 3 is 2.17 bits per heavy atom. The first-order valence-corrected chi connectivity index (χ1v) is 13.4. The zero-order chi connectivity index (χ0) is 30.4. The maximum absolute atomic E-state index is 13.4. The monoisotopic (exact) mass is 571 g/mol. The van der Waals surface area contributed by atoms with E-state index in [9.17, 15) is 24.3 Å². The molecule has 0 saturated carbocycles. The molecule has 3 amide bonds. The number of hydrogen-bond acceptors (Lipinski definition) is 7. The second kappa shape index (κ2) is 16.6. The molecule has 14 heteroatoms. The fourth-order valence-electron chi connectivity index (χ4n) is 4.05. The molecule has 1 heterocycles. The van der Waals surface area contributed by atoms with Crippen LogP contribution in [0.4, 0.5) is 0 Å². The zero-order valence-corrected chi connectivity index (χ0v) is 23.4. The normalized spacial score (nSPS) is 13.9. The van der Waals surface area contributed by atoms with Crippen molar-refractivity contribution in [2.24, 2.45) is 28.1 Å². The van der Waals surface area contributed by atoms with E-state index in [1.165, 1.54) is 12.5 Å². The summed E-state index contributed by atoms with van der Waals surface area (Å²) in [5, 5.41) is 17.6. The minimum absolute atomic E-state index is 0.0244. The number of nitrogens with zero attached hydrogens (tertiary/aromatic N) is 2. The van der Waals surface area contributed by atoms with Crippen molar-refractivity contribution in [3.8, 4) is 0 Å². The molecule has 0 aliphatic heterocycles. The number of carboxylic acid groups (broad SMARTS) is 1. The van der Waals surface area contributed by atoms with Crippen molar-refractivity contribution < 1.29 is 24.3 Å². The highest BCUT2D eigenvalue weighted by molar-refractivity contribution is 5.94. The van der Waals surface area contributed by atoms with Crippen LogP contribution in [0.2, 0.25) is 0 Å². The van der Waals surface area contributed by atoms with E-state index in [2.05, 4.69) is 30.9 Å². The number of guanidine groups is 1. The largest absolute Gasteiger partial charge is 0.480 e. The first-order chi connectivity index (χ1) is 19.5. The molecule has 4 atom stereocenters. The van der Waals surface area contributed by atoms with Gasteiger partial charge in [0.15, 0.2) is 5.96 Å². The van der Waals surface area contributed by atoms with E-state index in [-0.39, 0.29) is 31.1 Å². The third-order valence-corrected chi connectivity index (χ3v) is 6.15. The van der Waals surface area contributed by atoms with Crippen LogP contribution in [0.5, 0.6) is 0 Å². The third kappa shape index (κ3) is 12.1. The van der Waals surface area contributed by atoms with Crippen LogP contribution in [0.25, 0.3) is 0 Å². The number of nitrogens with two attached hydrogens (primary N) is 3. The number of hydrogen-bond donors (Lipinski definition) is 8. The summed E-state index contributed by atoms with van der Waals surface area (Å²) >= 11 is 0. The summed E-state index contributed by atoms with van der Waals surface area (Å²) in [6.07, 6.45) is 4.00. The Morgan fingerprint density at radius 1 is 0.951 bits per heavy atom. The molecule has 1 aromatic heterocycles. The minimum Gasteiger partial charge on any atom is -0.480 e. The van der Waals surface area contributed by atoms with Crippen LogP contribution < -0.4 is 33.2 Å². The van der Waals surface area contributed by atoms with Gasteiger partial charge in [-0.3, -0.25) is 19.4 Å². The Labute approximate surface area is 238 Å². The highest BCUT2D eigenvalue weighted by Gasteiger charge is 2.31. The van der Waals surface area contributed by atoms with Gasteiger partial charge in [0.05, 0.1) is 12.4 Å². The number of aromatic amines is 1. The molecule has 224 valence electrons. The van der Waals surface area contributed by atoms with Gasteiger partial charge >= 0.3 is 5.97 Å². The lowest BCUT2D eigenvalue weighted by atomic mass is 10.00.